The number of hydrogen-bond donors (Lipinski definition) is 0. The molecule has 1 aromatic carbocycles. The molecule has 4 nitrogen and oxygen atoms in total. The summed E-state index contributed by atoms with van der Waals surface area (Å²) in [5.74, 6) is 0.880. The molecule has 0 bridgehead atoms. The average molecular weight is 347 g/mol. The molecular weight excluding hydrogens is 321 g/mol. The second-order valence-corrected chi connectivity index (χ2v) is 8.07. The minimum atomic E-state index is -0.502. The molecule has 0 saturated carbocycles. The summed E-state index contributed by atoms with van der Waals surface area (Å²) in [7, 11) is 0. The van der Waals surface area contributed by atoms with Gasteiger partial charge in [-0.25, -0.2) is 9.18 Å². The molecule has 5 heteroatoms. The molecular formula is C20H26FNO3. The number of rotatable bonds is 1. The van der Waals surface area contributed by atoms with Gasteiger partial charge in [-0.05, 0) is 64.2 Å². The van der Waals surface area contributed by atoms with E-state index >= 15 is 0 Å². The van der Waals surface area contributed by atoms with Crippen molar-refractivity contribution >= 4 is 17.1 Å². The van der Waals surface area contributed by atoms with Crippen molar-refractivity contribution < 1.29 is 18.3 Å². The Bertz CT molecular complexity index is 790. The lowest BCUT2D eigenvalue weighted by atomic mass is 9.81. The SMILES string of the molecule is Cc1cc2cc(F)cc([C@H]3CCN(C(=O)OC(C)(C)C)C[C@H]3C)c2o1. The smallest absolute Gasteiger partial charge is 0.410 e. The van der Waals surface area contributed by atoms with E-state index in [0.717, 1.165) is 28.7 Å². The number of nitrogens with zero attached hydrogens (tertiary/aromatic N) is 1. The monoisotopic (exact) mass is 347 g/mol. The number of fused-ring (bicyclic) bond motifs is 1. The van der Waals surface area contributed by atoms with Crippen molar-refractivity contribution in [2.24, 2.45) is 5.92 Å². The number of piperidine rings is 1. The first kappa shape index (κ1) is 17.8. The Balaban J connectivity index is 1.82. The highest BCUT2D eigenvalue weighted by Gasteiger charge is 2.33. The predicted octanol–water partition coefficient (Wildman–Crippen LogP) is 5.24. The number of ether oxygens (including phenoxy) is 1. The number of carbonyl (C=O) groups excluding carboxylic acids is 1. The third-order valence-electron chi connectivity index (χ3n) is 4.69. The Morgan fingerprint density at radius 2 is 2.04 bits per heavy atom. The van der Waals surface area contributed by atoms with Crippen molar-refractivity contribution in [3.05, 3.63) is 35.3 Å². The highest BCUT2D eigenvalue weighted by atomic mass is 19.1. The summed E-state index contributed by atoms with van der Waals surface area (Å²) in [6.07, 6.45) is 0.481. The summed E-state index contributed by atoms with van der Waals surface area (Å²) < 4.78 is 25.3. The first-order chi connectivity index (χ1) is 11.6. The van der Waals surface area contributed by atoms with E-state index in [1.54, 1.807) is 11.0 Å². The minimum Gasteiger partial charge on any atom is -0.461 e. The summed E-state index contributed by atoms with van der Waals surface area (Å²) in [6.45, 7) is 10.8. The van der Waals surface area contributed by atoms with E-state index in [1.807, 2.05) is 33.8 Å². The highest BCUT2D eigenvalue weighted by Crippen LogP contribution is 2.38. The van der Waals surface area contributed by atoms with Crippen LogP contribution in [0, 0.1) is 18.7 Å². The van der Waals surface area contributed by atoms with Crippen molar-refractivity contribution in [1.29, 1.82) is 0 Å². The van der Waals surface area contributed by atoms with Gasteiger partial charge in [0.15, 0.2) is 0 Å². The van der Waals surface area contributed by atoms with Crippen molar-refractivity contribution in [2.75, 3.05) is 13.1 Å². The number of hydrogen-bond acceptors (Lipinski definition) is 3. The lowest BCUT2D eigenvalue weighted by molar-refractivity contribution is 0.0155. The van der Waals surface area contributed by atoms with Crippen LogP contribution in [-0.2, 0) is 4.74 Å². The van der Waals surface area contributed by atoms with Gasteiger partial charge in [0.1, 0.15) is 22.8 Å². The number of likely N-dealkylation sites (tertiary alicyclic amines) is 1. The molecule has 1 aromatic heterocycles. The zero-order valence-electron chi connectivity index (χ0n) is 15.6. The van der Waals surface area contributed by atoms with Gasteiger partial charge in [0, 0.05) is 24.0 Å². The topological polar surface area (TPSA) is 42.7 Å². The van der Waals surface area contributed by atoms with Crippen LogP contribution >= 0.6 is 0 Å². The normalized spacial score (nSPS) is 21.6. The molecule has 2 aromatic rings. The van der Waals surface area contributed by atoms with Gasteiger partial charge in [0.05, 0.1) is 0 Å². The van der Waals surface area contributed by atoms with Crippen LogP contribution in [0.5, 0.6) is 0 Å². The van der Waals surface area contributed by atoms with Crippen molar-refractivity contribution in [1.82, 2.24) is 4.90 Å². The quantitative estimate of drug-likeness (QED) is 0.708. The summed E-state index contributed by atoms with van der Waals surface area (Å²) in [6, 6.07) is 4.95. The average Bonchev–Trinajstić information content (AvgIpc) is 2.84. The molecule has 3 rings (SSSR count). The number of amides is 1. The molecule has 0 radical (unpaired) electrons. The first-order valence-corrected chi connectivity index (χ1v) is 8.81. The van der Waals surface area contributed by atoms with E-state index in [4.69, 9.17) is 9.15 Å². The number of halogens is 1. The molecule has 0 N–H and O–H groups in total. The fraction of sp³-hybridized carbons (Fsp3) is 0.550. The van der Waals surface area contributed by atoms with Crippen LogP contribution in [0.1, 0.15) is 51.4 Å². The van der Waals surface area contributed by atoms with E-state index in [1.165, 1.54) is 6.07 Å². The summed E-state index contributed by atoms with van der Waals surface area (Å²) in [5, 5.41) is 0.800. The largest absolute Gasteiger partial charge is 0.461 e. The molecule has 1 aliphatic heterocycles. The maximum absolute atomic E-state index is 14.1. The third-order valence-corrected chi connectivity index (χ3v) is 4.69. The van der Waals surface area contributed by atoms with Gasteiger partial charge >= 0.3 is 6.09 Å². The molecule has 0 unspecified atom stereocenters. The van der Waals surface area contributed by atoms with Gasteiger partial charge in [-0.2, -0.15) is 0 Å². The maximum atomic E-state index is 14.1. The molecule has 1 fully saturated rings. The number of aryl methyl sites for hydroxylation is 1. The molecule has 2 heterocycles. The van der Waals surface area contributed by atoms with Crippen LogP contribution in [0.25, 0.3) is 11.0 Å². The Labute approximate surface area is 147 Å². The zero-order chi connectivity index (χ0) is 18.4. The summed E-state index contributed by atoms with van der Waals surface area (Å²) >= 11 is 0. The van der Waals surface area contributed by atoms with Crippen LogP contribution in [-0.4, -0.2) is 29.7 Å². The number of carbonyl (C=O) groups is 1. The Morgan fingerprint density at radius 3 is 2.68 bits per heavy atom. The molecule has 0 aliphatic carbocycles. The Hall–Kier alpha value is -2.04. The van der Waals surface area contributed by atoms with Gasteiger partial charge in [0.25, 0.3) is 0 Å². The van der Waals surface area contributed by atoms with E-state index in [2.05, 4.69) is 6.92 Å². The Kier molecular flexibility index (Phi) is 4.52. The molecule has 0 spiro atoms. The number of benzene rings is 1. The van der Waals surface area contributed by atoms with Gasteiger partial charge in [-0.1, -0.05) is 6.92 Å². The molecule has 1 saturated heterocycles. The molecule has 1 aliphatic rings. The second-order valence-electron chi connectivity index (χ2n) is 8.07. The molecule has 2 atom stereocenters. The van der Waals surface area contributed by atoms with E-state index in [0.29, 0.717) is 13.1 Å². The van der Waals surface area contributed by atoms with Crippen molar-refractivity contribution in [3.8, 4) is 0 Å². The predicted molar refractivity (Wildman–Crippen MR) is 95.2 cm³/mol. The third kappa shape index (κ3) is 3.80. The first-order valence-electron chi connectivity index (χ1n) is 8.81. The van der Waals surface area contributed by atoms with Crippen LogP contribution in [0.4, 0.5) is 9.18 Å². The minimum absolute atomic E-state index is 0.155. The van der Waals surface area contributed by atoms with Gasteiger partial charge in [-0.3, -0.25) is 0 Å². The molecule has 136 valence electrons. The van der Waals surface area contributed by atoms with Crippen molar-refractivity contribution in [2.45, 2.75) is 52.6 Å². The Morgan fingerprint density at radius 1 is 1.32 bits per heavy atom. The van der Waals surface area contributed by atoms with Gasteiger partial charge in [-0.15, -0.1) is 0 Å². The zero-order valence-corrected chi connectivity index (χ0v) is 15.6. The van der Waals surface area contributed by atoms with E-state index in [9.17, 15) is 9.18 Å². The highest BCUT2D eigenvalue weighted by molar-refractivity contribution is 5.82. The van der Waals surface area contributed by atoms with Crippen LogP contribution in [0.3, 0.4) is 0 Å². The fourth-order valence-electron chi connectivity index (χ4n) is 3.65. The van der Waals surface area contributed by atoms with Crippen molar-refractivity contribution in [3.63, 3.8) is 0 Å². The van der Waals surface area contributed by atoms with Gasteiger partial charge < -0.3 is 14.1 Å². The lowest BCUT2D eigenvalue weighted by Gasteiger charge is -2.37. The maximum Gasteiger partial charge on any atom is 0.410 e. The van der Waals surface area contributed by atoms with E-state index < -0.39 is 5.60 Å². The van der Waals surface area contributed by atoms with Crippen LogP contribution in [0.15, 0.2) is 22.6 Å². The summed E-state index contributed by atoms with van der Waals surface area (Å²) in [5.41, 5.74) is 1.17. The van der Waals surface area contributed by atoms with E-state index in [-0.39, 0.29) is 23.7 Å². The standard InChI is InChI=1S/C20H26FNO3/c1-12-11-22(19(23)25-20(3,4)5)7-6-16(12)17-10-15(21)9-14-8-13(2)24-18(14)17/h8-10,12,16H,6-7,11H2,1-5H3/t12-,16+/m1/s1. The second kappa shape index (κ2) is 6.36. The van der Waals surface area contributed by atoms with Gasteiger partial charge in [0.2, 0.25) is 0 Å². The molecule has 1 amide bonds. The molecule has 25 heavy (non-hydrogen) atoms. The number of furan rings is 1. The van der Waals surface area contributed by atoms with Crippen LogP contribution in [0.2, 0.25) is 0 Å². The summed E-state index contributed by atoms with van der Waals surface area (Å²) in [4.78, 5) is 14.0. The van der Waals surface area contributed by atoms with Crippen LogP contribution < -0.4 is 0 Å². The lowest BCUT2D eigenvalue weighted by Crippen LogP contribution is -2.44. The fourth-order valence-corrected chi connectivity index (χ4v) is 3.65.